The Bertz CT molecular complexity index is 452. The van der Waals surface area contributed by atoms with Crippen LogP contribution in [0.4, 0.5) is 8.78 Å². The highest BCUT2D eigenvalue weighted by Gasteiger charge is 2.03. The van der Waals surface area contributed by atoms with E-state index in [-0.39, 0.29) is 30.4 Å². The van der Waals surface area contributed by atoms with Gasteiger partial charge in [0.1, 0.15) is 11.6 Å². The molecule has 0 heterocycles. The van der Waals surface area contributed by atoms with Gasteiger partial charge in [-0.3, -0.25) is 4.99 Å². The summed E-state index contributed by atoms with van der Waals surface area (Å²) in [7, 11) is 0. The fourth-order valence-electron chi connectivity index (χ4n) is 1.19. The van der Waals surface area contributed by atoms with E-state index in [2.05, 4.69) is 9.98 Å². The van der Waals surface area contributed by atoms with Gasteiger partial charge in [0.2, 0.25) is 5.96 Å². The van der Waals surface area contributed by atoms with Crippen molar-refractivity contribution in [1.82, 2.24) is 0 Å². The molecule has 0 aliphatic rings. The maximum atomic E-state index is 13.2. The predicted molar refractivity (Wildman–Crippen MR) is 62.4 cm³/mol. The van der Waals surface area contributed by atoms with E-state index in [0.717, 1.165) is 18.2 Å². The molecule has 0 atom stereocenters. The number of nitrogens with two attached hydrogens (primary N) is 3. The van der Waals surface area contributed by atoms with Crippen LogP contribution in [0.5, 0.6) is 0 Å². The van der Waals surface area contributed by atoms with Gasteiger partial charge in [-0.25, -0.2) is 8.78 Å². The molecule has 17 heavy (non-hydrogen) atoms. The minimum atomic E-state index is -0.498. The van der Waals surface area contributed by atoms with Crippen LogP contribution in [-0.2, 0) is 6.42 Å². The molecule has 0 radical (unpaired) electrons. The Morgan fingerprint density at radius 3 is 2.53 bits per heavy atom. The minimum Gasteiger partial charge on any atom is -0.370 e. The summed E-state index contributed by atoms with van der Waals surface area (Å²) in [6.45, 7) is 0.170. The second kappa shape index (κ2) is 5.78. The van der Waals surface area contributed by atoms with Crippen LogP contribution in [0.2, 0.25) is 0 Å². The number of hydrogen-bond acceptors (Lipinski definition) is 1. The number of benzene rings is 1. The first-order chi connectivity index (χ1) is 7.99. The molecule has 1 aromatic rings. The molecule has 0 spiro atoms. The van der Waals surface area contributed by atoms with Gasteiger partial charge in [0.25, 0.3) is 0 Å². The topological polar surface area (TPSA) is 103 Å². The molecule has 0 bridgehead atoms. The zero-order valence-electron chi connectivity index (χ0n) is 9.03. The fourth-order valence-corrected chi connectivity index (χ4v) is 1.19. The second-order valence-corrected chi connectivity index (χ2v) is 3.26. The molecule has 0 fully saturated rings. The monoisotopic (exact) mass is 241 g/mol. The van der Waals surface area contributed by atoms with Crippen molar-refractivity contribution in [1.29, 1.82) is 0 Å². The van der Waals surface area contributed by atoms with E-state index in [1.54, 1.807) is 0 Å². The normalized spacial score (nSPS) is 11.3. The van der Waals surface area contributed by atoms with Crippen molar-refractivity contribution in [3.05, 3.63) is 35.4 Å². The van der Waals surface area contributed by atoms with E-state index in [9.17, 15) is 8.78 Å². The van der Waals surface area contributed by atoms with E-state index < -0.39 is 11.6 Å². The molecule has 5 nitrogen and oxygen atoms in total. The molecule has 1 rings (SSSR count). The standard InChI is InChI=1S/C10H13F2N5/c11-7-1-2-8(12)6(5-7)3-4-16-10(15)17-9(13)14/h1-2,5H,3-4H2,(H6,13,14,15,16,17). The first-order valence-electron chi connectivity index (χ1n) is 4.82. The first-order valence-corrected chi connectivity index (χ1v) is 4.82. The molecule has 6 N–H and O–H groups in total. The molecule has 0 saturated carbocycles. The van der Waals surface area contributed by atoms with Crippen molar-refractivity contribution in [3.8, 4) is 0 Å². The number of guanidine groups is 2. The summed E-state index contributed by atoms with van der Waals surface area (Å²) in [4.78, 5) is 7.27. The van der Waals surface area contributed by atoms with Crippen molar-refractivity contribution in [2.75, 3.05) is 6.54 Å². The Labute approximate surface area is 97.0 Å². The number of aliphatic imine (C=N–C) groups is 2. The van der Waals surface area contributed by atoms with Gasteiger partial charge in [-0.1, -0.05) is 0 Å². The number of halogens is 2. The van der Waals surface area contributed by atoms with Crippen LogP contribution >= 0.6 is 0 Å². The van der Waals surface area contributed by atoms with Crippen molar-refractivity contribution in [3.63, 3.8) is 0 Å². The molecule has 0 saturated heterocycles. The Morgan fingerprint density at radius 2 is 1.88 bits per heavy atom. The highest BCUT2D eigenvalue weighted by Crippen LogP contribution is 2.10. The van der Waals surface area contributed by atoms with Gasteiger partial charge in [-0.15, -0.1) is 0 Å². The first kappa shape index (κ1) is 12.9. The highest BCUT2D eigenvalue weighted by atomic mass is 19.1. The van der Waals surface area contributed by atoms with Crippen molar-refractivity contribution in [2.45, 2.75) is 6.42 Å². The Morgan fingerprint density at radius 1 is 1.18 bits per heavy atom. The molecular weight excluding hydrogens is 228 g/mol. The van der Waals surface area contributed by atoms with Gasteiger partial charge in [0, 0.05) is 6.54 Å². The zero-order valence-corrected chi connectivity index (χ0v) is 9.03. The van der Waals surface area contributed by atoms with E-state index in [4.69, 9.17) is 17.2 Å². The largest absolute Gasteiger partial charge is 0.370 e. The maximum absolute atomic E-state index is 13.2. The zero-order chi connectivity index (χ0) is 12.8. The molecule has 0 unspecified atom stereocenters. The van der Waals surface area contributed by atoms with Crippen LogP contribution in [0.1, 0.15) is 5.56 Å². The number of hydrogen-bond donors (Lipinski definition) is 3. The molecule has 1 aromatic carbocycles. The van der Waals surface area contributed by atoms with E-state index >= 15 is 0 Å². The van der Waals surface area contributed by atoms with E-state index in [0.29, 0.717) is 0 Å². The minimum absolute atomic E-state index is 0.0955. The van der Waals surface area contributed by atoms with Crippen LogP contribution < -0.4 is 17.2 Å². The lowest BCUT2D eigenvalue weighted by molar-refractivity contribution is 0.585. The Balaban J connectivity index is 2.62. The van der Waals surface area contributed by atoms with Crippen LogP contribution in [-0.4, -0.2) is 18.5 Å². The number of nitrogens with zero attached hydrogens (tertiary/aromatic N) is 2. The molecule has 92 valence electrons. The summed E-state index contributed by atoms with van der Waals surface area (Å²) in [6, 6.07) is 3.23. The van der Waals surface area contributed by atoms with Crippen LogP contribution in [0.25, 0.3) is 0 Å². The second-order valence-electron chi connectivity index (χ2n) is 3.26. The third-order valence-corrected chi connectivity index (χ3v) is 1.91. The molecule has 0 aliphatic heterocycles. The Hall–Kier alpha value is -2.18. The van der Waals surface area contributed by atoms with Gasteiger partial charge >= 0.3 is 0 Å². The smallest absolute Gasteiger partial charge is 0.218 e. The van der Waals surface area contributed by atoms with Crippen molar-refractivity contribution in [2.24, 2.45) is 27.2 Å². The van der Waals surface area contributed by atoms with Gasteiger partial charge in [-0.05, 0) is 30.2 Å². The van der Waals surface area contributed by atoms with Crippen LogP contribution in [0.3, 0.4) is 0 Å². The molecule has 7 heteroatoms. The lowest BCUT2D eigenvalue weighted by atomic mass is 10.1. The Kier molecular flexibility index (Phi) is 4.38. The van der Waals surface area contributed by atoms with Crippen molar-refractivity contribution < 1.29 is 8.78 Å². The molecule has 0 aliphatic carbocycles. The quantitative estimate of drug-likeness (QED) is 0.516. The summed E-state index contributed by atoms with van der Waals surface area (Å²) in [6.07, 6.45) is 0.213. The van der Waals surface area contributed by atoms with Crippen molar-refractivity contribution >= 4 is 11.9 Å². The fraction of sp³-hybridized carbons (Fsp3) is 0.200. The maximum Gasteiger partial charge on any atom is 0.218 e. The summed E-state index contributed by atoms with van der Waals surface area (Å²) >= 11 is 0. The average Bonchev–Trinajstić information content (AvgIpc) is 2.22. The SMILES string of the molecule is NC(N)=NC(N)=NCCc1cc(F)ccc1F. The summed E-state index contributed by atoms with van der Waals surface area (Å²) in [5, 5.41) is 0. The molecule has 0 aromatic heterocycles. The van der Waals surface area contributed by atoms with Crippen LogP contribution in [0.15, 0.2) is 28.2 Å². The van der Waals surface area contributed by atoms with Gasteiger partial charge in [-0.2, -0.15) is 4.99 Å². The third-order valence-electron chi connectivity index (χ3n) is 1.91. The molecule has 0 amide bonds. The highest BCUT2D eigenvalue weighted by molar-refractivity contribution is 5.92. The lowest BCUT2D eigenvalue weighted by Crippen LogP contribution is -2.26. The van der Waals surface area contributed by atoms with Crippen LogP contribution in [0, 0.1) is 11.6 Å². The predicted octanol–water partition coefficient (Wildman–Crippen LogP) is 0.0954. The van der Waals surface area contributed by atoms with E-state index in [1.807, 2.05) is 0 Å². The lowest BCUT2D eigenvalue weighted by Gasteiger charge is -2.01. The average molecular weight is 241 g/mol. The molecular formula is C10H13F2N5. The van der Waals surface area contributed by atoms with E-state index in [1.165, 1.54) is 0 Å². The van der Waals surface area contributed by atoms with Gasteiger partial charge < -0.3 is 17.2 Å². The summed E-state index contributed by atoms with van der Waals surface area (Å²) in [5.74, 6) is -1.28. The summed E-state index contributed by atoms with van der Waals surface area (Å²) < 4.78 is 26.0. The third kappa shape index (κ3) is 4.45. The van der Waals surface area contributed by atoms with Gasteiger partial charge in [0.05, 0.1) is 0 Å². The summed E-state index contributed by atoms with van der Waals surface area (Å²) in [5.41, 5.74) is 15.7. The van der Waals surface area contributed by atoms with Gasteiger partial charge in [0.15, 0.2) is 5.96 Å². The number of rotatable bonds is 3.